The van der Waals surface area contributed by atoms with Gasteiger partial charge in [-0.15, -0.1) is 23.1 Å². The van der Waals surface area contributed by atoms with Crippen LogP contribution in [0.1, 0.15) is 29.1 Å². The third-order valence-corrected chi connectivity index (χ3v) is 6.66. The molecule has 0 unspecified atom stereocenters. The molecule has 7 heteroatoms. The normalized spacial score (nSPS) is 10.7. The van der Waals surface area contributed by atoms with Gasteiger partial charge < -0.3 is 5.11 Å². The van der Waals surface area contributed by atoms with Crippen molar-refractivity contribution in [1.82, 2.24) is 0 Å². The molecular weight excluding hydrogens is 330 g/mol. The number of hydrogen-bond acceptors (Lipinski definition) is 6. The summed E-state index contributed by atoms with van der Waals surface area (Å²) in [5, 5.41) is 22.9. The molecule has 2 heterocycles. The van der Waals surface area contributed by atoms with Crippen molar-refractivity contribution in [3.05, 3.63) is 27.3 Å². The molecule has 20 heavy (non-hydrogen) atoms. The second kappa shape index (κ2) is 6.68. The molecule has 0 atom stereocenters. The van der Waals surface area contributed by atoms with Gasteiger partial charge in [-0.2, -0.15) is 16.6 Å². The van der Waals surface area contributed by atoms with Crippen molar-refractivity contribution in [2.24, 2.45) is 0 Å². The van der Waals surface area contributed by atoms with Gasteiger partial charge in [0, 0.05) is 15.5 Å². The van der Waals surface area contributed by atoms with Crippen molar-refractivity contribution >= 4 is 52.2 Å². The molecule has 0 aliphatic heterocycles. The van der Waals surface area contributed by atoms with Gasteiger partial charge in [-0.1, -0.05) is 25.6 Å². The Labute approximate surface area is 133 Å². The van der Waals surface area contributed by atoms with Crippen LogP contribution in [0.15, 0.2) is 30.8 Å². The highest BCUT2D eigenvalue weighted by molar-refractivity contribution is 8.02. The molecule has 0 bridgehead atoms. The van der Waals surface area contributed by atoms with E-state index in [0.717, 1.165) is 9.10 Å². The van der Waals surface area contributed by atoms with E-state index in [4.69, 9.17) is 0 Å². The third-order valence-electron chi connectivity index (χ3n) is 2.20. The van der Waals surface area contributed by atoms with Crippen molar-refractivity contribution in [2.75, 3.05) is 0 Å². The number of nitriles is 1. The zero-order valence-corrected chi connectivity index (χ0v) is 14.0. The summed E-state index contributed by atoms with van der Waals surface area (Å²) in [5.41, 5.74) is 0.488. The van der Waals surface area contributed by atoms with Crippen molar-refractivity contribution in [1.29, 1.82) is 5.26 Å². The summed E-state index contributed by atoms with van der Waals surface area (Å²) in [6, 6.07) is 4.09. The maximum atomic E-state index is 11.4. The lowest BCUT2D eigenvalue weighted by Crippen LogP contribution is -1.94. The number of rotatable bonds is 5. The molecule has 1 N–H and O–H groups in total. The molecule has 2 aromatic heterocycles. The van der Waals surface area contributed by atoms with Gasteiger partial charge in [0.05, 0.1) is 14.7 Å². The summed E-state index contributed by atoms with van der Waals surface area (Å²) < 4.78 is 0.789. The smallest absolute Gasteiger partial charge is 0.347 e. The van der Waals surface area contributed by atoms with Gasteiger partial charge in [0.25, 0.3) is 0 Å². The highest BCUT2D eigenvalue weighted by atomic mass is 32.2. The predicted molar refractivity (Wildman–Crippen MR) is 85.4 cm³/mol. The minimum absolute atomic E-state index is 0.251. The van der Waals surface area contributed by atoms with Crippen LogP contribution in [0.2, 0.25) is 0 Å². The number of nitrogens with zero attached hydrogens (tertiary/aromatic N) is 1. The number of carbonyl (C=O) groups is 1. The maximum Gasteiger partial charge on any atom is 0.347 e. The second-order valence-corrected chi connectivity index (χ2v) is 8.80. The van der Waals surface area contributed by atoms with Gasteiger partial charge in [0.2, 0.25) is 0 Å². The minimum atomic E-state index is -0.972. The second-order valence-electron chi connectivity index (χ2n) is 4.07. The molecule has 0 amide bonds. The lowest BCUT2D eigenvalue weighted by Gasteiger charge is -2.02. The summed E-state index contributed by atoms with van der Waals surface area (Å²) in [6.45, 7) is 4.05. The molecule has 0 aliphatic rings. The van der Waals surface area contributed by atoms with Gasteiger partial charge in [-0.3, -0.25) is 0 Å². The van der Waals surface area contributed by atoms with Crippen LogP contribution in [-0.4, -0.2) is 16.3 Å². The van der Waals surface area contributed by atoms with Crippen molar-refractivity contribution in [3.8, 4) is 6.07 Å². The average molecular weight is 342 g/mol. The number of thioether (sulfide) groups is 1. The first kappa shape index (κ1) is 15.4. The molecule has 0 aliphatic carbocycles. The van der Waals surface area contributed by atoms with E-state index in [1.165, 1.54) is 34.9 Å². The van der Waals surface area contributed by atoms with E-state index in [9.17, 15) is 15.2 Å². The molecule has 0 saturated carbocycles. The van der Waals surface area contributed by atoms with Crippen molar-refractivity contribution < 1.29 is 9.90 Å². The van der Waals surface area contributed by atoms with Crippen LogP contribution in [0, 0.1) is 11.3 Å². The van der Waals surface area contributed by atoms with Gasteiger partial charge in [0.15, 0.2) is 0 Å². The highest BCUT2D eigenvalue weighted by Gasteiger charge is 2.24. The lowest BCUT2D eigenvalue weighted by molar-refractivity contribution is 0.0699. The number of aromatic carboxylic acids is 1. The Bertz CT molecular complexity index is 653. The monoisotopic (exact) mass is 341 g/mol. The minimum Gasteiger partial charge on any atom is -0.477 e. The number of thiophene rings is 2. The van der Waals surface area contributed by atoms with E-state index in [1.807, 2.05) is 30.7 Å². The summed E-state index contributed by atoms with van der Waals surface area (Å²) >= 11 is 5.63. The van der Waals surface area contributed by atoms with E-state index in [2.05, 4.69) is 6.07 Å². The molecule has 0 spiro atoms. The summed E-state index contributed by atoms with van der Waals surface area (Å²) in [5.74, 6) is -0.972. The molecule has 0 aromatic carbocycles. The summed E-state index contributed by atoms with van der Waals surface area (Å²) in [4.78, 5) is 13.2. The average Bonchev–Trinajstić information content (AvgIpc) is 2.97. The van der Waals surface area contributed by atoms with Gasteiger partial charge in [-0.25, -0.2) is 4.79 Å². The number of carboxylic acids is 1. The van der Waals surface area contributed by atoms with Crippen LogP contribution in [0.25, 0.3) is 0 Å². The third kappa shape index (κ3) is 3.38. The van der Waals surface area contributed by atoms with Gasteiger partial charge in [0.1, 0.15) is 10.9 Å². The van der Waals surface area contributed by atoms with Gasteiger partial charge in [-0.05, 0) is 11.4 Å². The Kier molecular flexibility index (Phi) is 5.16. The number of hydrogen-bond donors (Lipinski definition) is 1. The van der Waals surface area contributed by atoms with E-state index in [-0.39, 0.29) is 4.88 Å². The largest absolute Gasteiger partial charge is 0.477 e. The van der Waals surface area contributed by atoms with E-state index < -0.39 is 5.97 Å². The fraction of sp³-hybridized carbons (Fsp3) is 0.231. The molecule has 3 nitrogen and oxygen atoms in total. The van der Waals surface area contributed by atoms with Crippen LogP contribution in [0.4, 0.5) is 0 Å². The molecular formula is C13H11NO2S4. The quantitative estimate of drug-likeness (QED) is 0.773. The van der Waals surface area contributed by atoms with Crippen molar-refractivity contribution in [3.63, 3.8) is 0 Å². The Hall–Kier alpha value is -0.940. The lowest BCUT2D eigenvalue weighted by atomic mass is 10.3. The molecule has 104 valence electrons. The van der Waals surface area contributed by atoms with Gasteiger partial charge >= 0.3 is 5.97 Å². The molecule has 0 fully saturated rings. The van der Waals surface area contributed by atoms with E-state index in [1.54, 1.807) is 11.3 Å². The zero-order valence-electron chi connectivity index (χ0n) is 10.7. The van der Waals surface area contributed by atoms with Crippen LogP contribution in [0.5, 0.6) is 0 Å². The topological polar surface area (TPSA) is 61.1 Å². The van der Waals surface area contributed by atoms with Crippen LogP contribution >= 0.6 is 46.2 Å². The van der Waals surface area contributed by atoms with Crippen LogP contribution in [-0.2, 0) is 0 Å². The Morgan fingerprint density at radius 1 is 1.50 bits per heavy atom. The number of carboxylic acid groups (broad SMARTS) is 1. The molecule has 0 radical (unpaired) electrons. The van der Waals surface area contributed by atoms with E-state index in [0.29, 0.717) is 15.7 Å². The maximum absolute atomic E-state index is 11.4. The molecule has 2 aromatic rings. The summed E-state index contributed by atoms with van der Waals surface area (Å²) in [6.07, 6.45) is 0. The first-order chi connectivity index (χ1) is 9.52. The molecule has 2 rings (SSSR count). The molecule has 0 saturated heterocycles. The zero-order chi connectivity index (χ0) is 14.7. The SMILES string of the molecule is CC(C)Sc1sc(C(=O)O)c(Sc2ccsc2)c1C#N. The van der Waals surface area contributed by atoms with Crippen molar-refractivity contribution in [2.45, 2.75) is 33.1 Å². The highest BCUT2D eigenvalue weighted by Crippen LogP contribution is 2.44. The fourth-order valence-electron chi connectivity index (χ4n) is 1.46. The van der Waals surface area contributed by atoms with Crippen LogP contribution < -0.4 is 0 Å². The Morgan fingerprint density at radius 2 is 2.25 bits per heavy atom. The first-order valence-electron chi connectivity index (χ1n) is 5.69. The first-order valence-corrected chi connectivity index (χ1v) is 9.15. The van der Waals surface area contributed by atoms with Crippen LogP contribution in [0.3, 0.4) is 0 Å². The summed E-state index contributed by atoms with van der Waals surface area (Å²) in [7, 11) is 0. The Balaban J connectivity index is 2.49. The fourth-order valence-corrected chi connectivity index (χ4v) is 6.03. The Morgan fingerprint density at radius 3 is 2.75 bits per heavy atom. The standard InChI is InChI=1S/C13H11NO2S4/c1-7(2)18-13-9(5-14)10(11(20-13)12(15)16)19-8-3-4-17-6-8/h3-4,6-7H,1-2H3,(H,15,16). The van der Waals surface area contributed by atoms with E-state index >= 15 is 0 Å². The predicted octanol–water partition coefficient (Wildman–Crippen LogP) is 5.03.